The van der Waals surface area contributed by atoms with Gasteiger partial charge in [-0.05, 0) is 57.8 Å². The minimum atomic E-state index is 0.300. The molecule has 1 aromatic rings. The van der Waals surface area contributed by atoms with Gasteiger partial charge >= 0.3 is 0 Å². The van der Waals surface area contributed by atoms with Gasteiger partial charge in [0.2, 0.25) is 5.91 Å². The van der Waals surface area contributed by atoms with Gasteiger partial charge in [-0.25, -0.2) is 0 Å². The number of carbonyl (C=O) groups is 1. The Balaban J connectivity index is 2.29. The third-order valence-corrected chi connectivity index (χ3v) is 5.62. The summed E-state index contributed by atoms with van der Waals surface area (Å²) in [7, 11) is 0. The Morgan fingerprint density at radius 1 is 1.00 bits per heavy atom. The summed E-state index contributed by atoms with van der Waals surface area (Å²) in [6.07, 6.45) is 6.70. The van der Waals surface area contributed by atoms with Gasteiger partial charge in [0.05, 0.1) is 0 Å². The van der Waals surface area contributed by atoms with Crippen molar-refractivity contribution in [3.05, 3.63) is 28.8 Å². The molecule has 1 aliphatic rings. The number of aryl methyl sites for hydroxylation is 3. The van der Waals surface area contributed by atoms with Crippen molar-refractivity contribution in [2.45, 2.75) is 79.2 Å². The second kappa shape index (κ2) is 9.38. The fraction of sp³-hybridized carbons (Fsp3) is 0.682. The van der Waals surface area contributed by atoms with Crippen LogP contribution in [0.5, 0.6) is 0 Å². The number of carbonyl (C=O) groups excluding carboxylic acids is 1. The summed E-state index contributed by atoms with van der Waals surface area (Å²) in [5.41, 5.74) is 4.92. The molecule has 1 fully saturated rings. The number of benzene rings is 1. The van der Waals surface area contributed by atoms with E-state index in [2.05, 4.69) is 56.6 Å². The summed E-state index contributed by atoms with van der Waals surface area (Å²) < 4.78 is 0. The molecule has 0 aromatic heterocycles. The van der Waals surface area contributed by atoms with Crippen molar-refractivity contribution in [1.82, 2.24) is 4.90 Å². The van der Waals surface area contributed by atoms with Crippen molar-refractivity contribution in [3.8, 4) is 0 Å². The fourth-order valence-corrected chi connectivity index (χ4v) is 4.32. The van der Waals surface area contributed by atoms with Gasteiger partial charge in [-0.3, -0.25) is 4.79 Å². The number of nitrogens with zero attached hydrogens (tertiary/aromatic N) is 2. The maximum absolute atomic E-state index is 13.3. The molecule has 0 unspecified atom stereocenters. The van der Waals surface area contributed by atoms with E-state index in [1.54, 1.807) is 0 Å². The Hall–Kier alpha value is -1.35. The zero-order chi connectivity index (χ0) is 18.4. The standard InChI is InChI=1S/C22H36N2O/c1-6-23(7-2)14-13-21(25)24(20-11-9-8-10-12-20)22-18(4)15-17(3)16-19(22)5/h15-16,20H,6-14H2,1-5H3. The smallest absolute Gasteiger partial charge is 0.228 e. The Kier molecular flexibility index (Phi) is 7.49. The van der Waals surface area contributed by atoms with Crippen LogP contribution in [-0.4, -0.2) is 36.5 Å². The van der Waals surface area contributed by atoms with Crippen molar-refractivity contribution in [1.29, 1.82) is 0 Å². The van der Waals surface area contributed by atoms with Gasteiger partial charge in [-0.1, -0.05) is 50.8 Å². The SMILES string of the molecule is CCN(CC)CCC(=O)N(c1c(C)cc(C)cc1C)C1CCCCC1. The zero-order valence-electron chi connectivity index (χ0n) is 16.9. The zero-order valence-corrected chi connectivity index (χ0v) is 16.9. The summed E-state index contributed by atoms with van der Waals surface area (Å²) in [4.78, 5) is 17.8. The van der Waals surface area contributed by atoms with E-state index in [9.17, 15) is 4.79 Å². The third kappa shape index (κ3) is 5.07. The van der Waals surface area contributed by atoms with E-state index in [1.807, 2.05) is 0 Å². The molecular weight excluding hydrogens is 308 g/mol. The first-order valence-electron chi connectivity index (χ1n) is 10.1. The van der Waals surface area contributed by atoms with Crippen molar-refractivity contribution in [2.24, 2.45) is 0 Å². The lowest BCUT2D eigenvalue weighted by molar-refractivity contribution is -0.119. The van der Waals surface area contributed by atoms with Gasteiger partial charge in [-0.15, -0.1) is 0 Å². The van der Waals surface area contributed by atoms with Crippen LogP contribution in [0.3, 0.4) is 0 Å². The van der Waals surface area contributed by atoms with Crippen LogP contribution in [0.2, 0.25) is 0 Å². The van der Waals surface area contributed by atoms with Crippen LogP contribution in [-0.2, 0) is 4.79 Å². The van der Waals surface area contributed by atoms with Crippen molar-refractivity contribution >= 4 is 11.6 Å². The highest BCUT2D eigenvalue weighted by Crippen LogP contribution is 2.33. The second-order valence-electron chi connectivity index (χ2n) is 7.58. The van der Waals surface area contributed by atoms with Gasteiger partial charge in [0.1, 0.15) is 0 Å². The predicted molar refractivity (Wildman–Crippen MR) is 107 cm³/mol. The van der Waals surface area contributed by atoms with E-state index in [-0.39, 0.29) is 0 Å². The molecule has 1 aliphatic carbocycles. The van der Waals surface area contributed by atoms with Crippen LogP contribution >= 0.6 is 0 Å². The third-order valence-electron chi connectivity index (χ3n) is 5.62. The van der Waals surface area contributed by atoms with E-state index in [0.717, 1.165) is 32.5 Å². The normalized spacial score (nSPS) is 15.6. The lowest BCUT2D eigenvalue weighted by Gasteiger charge is -2.37. The highest BCUT2D eigenvalue weighted by molar-refractivity contribution is 5.95. The van der Waals surface area contributed by atoms with Crippen LogP contribution in [0.1, 0.15) is 69.1 Å². The summed E-state index contributed by atoms with van der Waals surface area (Å²) in [5, 5.41) is 0. The van der Waals surface area contributed by atoms with Gasteiger partial charge in [0, 0.05) is 24.7 Å². The number of hydrogen-bond acceptors (Lipinski definition) is 2. The molecule has 1 saturated carbocycles. The van der Waals surface area contributed by atoms with Crippen LogP contribution in [0.15, 0.2) is 12.1 Å². The lowest BCUT2D eigenvalue weighted by Crippen LogP contribution is -2.43. The number of hydrogen-bond donors (Lipinski definition) is 0. The van der Waals surface area contributed by atoms with Crippen LogP contribution < -0.4 is 4.90 Å². The van der Waals surface area contributed by atoms with E-state index < -0.39 is 0 Å². The molecule has 140 valence electrons. The van der Waals surface area contributed by atoms with Gasteiger partial charge < -0.3 is 9.80 Å². The molecule has 0 heterocycles. The average molecular weight is 345 g/mol. The molecule has 1 aromatic carbocycles. The van der Waals surface area contributed by atoms with Crippen LogP contribution in [0.4, 0.5) is 5.69 Å². The summed E-state index contributed by atoms with van der Waals surface area (Å²) in [6, 6.07) is 4.81. The van der Waals surface area contributed by atoms with Crippen molar-refractivity contribution < 1.29 is 4.79 Å². The molecule has 0 bridgehead atoms. The van der Waals surface area contributed by atoms with E-state index in [4.69, 9.17) is 0 Å². The predicted octanol–water partition coefficient (Wildman–Crippen LogP) is 5.01. The van der Waals surface area contributed by atoms with Crippen LogP contribution in [0.25, 0.3) is 0 Å². The van der Waals surface area contributed by atoms with Crippen LogP contribution in [0, 0.1) is 20.8 Å². The number of amides is 1. The van der Waals surface area contributed by atoms with E-state index in [0.29, 0.717) is 18.4 Å². The molecule has 0 radical (unpaired) electrons. The molecule has 25 heavy (non-hydrogen) atoms. The minimum absolute atomic E-state index is 0.300. The maximum atomic E-state index is 13.3. The quantitative estimate of drug-likeness (QED) is 0.694. The lowest BCUT2D eigenvalue weighted by atomic mass is 9.92. The minimum Gasteiger partial charge on any atom is -0.309 e. The Bertz CT molecular complexity index is 548. The Morgan fingerprint density at radius 3 is 2.08 bits per heavy atom. The number of anilines is 1. The number of rotatable bonds is 7. The topological polar surface area (TPSA) is 23.6 Å². The van der Waals surface area contributed by atoms with Gasteiger partial charge in [0.15, 0.2) is 0 Å². The highest BCUT2D eigenvalue weighted by atomic mass is 16.2. The summed E-state index contributed by atoms with van der Waals surface area (Å²) >= 11 is 0. The monoisotopic (exact) mass is 344 g/mol. The first-order chi connectivity index (χ1) is 12.0. The van der Waals surface area contributed by atoms with E-state index >= 15 is 0 Å². The molecule has 0 aliphatic heterocycles. The largest absolute Gasteiger partial charge is 0.309 e. The molecule has 2 rings (SSSR count). The average Bonchev–Trinajstić information content (AvgIpc) is 2.59. The van der Waals surface area contributed by atoms with Gasteiger partial charge in [-0.2, -0.15) is 0 Å². The molecular formula is C22H36N2O. The maximum Gasteiger partial charge on any atom is 0.228 e. The van der Waals surface area contributed by atoms with Crippen molar-refractivity contribution in [2.75, 3.05) is 24.5 Å². The van der Waals surface area contributed by atoms with Crippen molar-refractivity contribution in [3.63, 3.8) is 0 Å². The fourth-order valence-electron chi connectivity index (χ4n) is 4.32. The molecule has 0 N–H and O–H groups in total. The van der Waals surface area contributed by atoms with Gasteiger partial charge in [0.25, 0.3) is 0 Å². The first kappa shape index (κ1) is 20.0. The first-order valence-corrected chi connectivity index (χ1v) is 10.1. The molecule has 1 amide bonds. The second-order valence-corrected chi connectivity index (χ2v) is 7.58. The molecule has 0 saturated heterocycles. The summed E-state index contributed by atoms with van der Waals surface area (Å²) in [5.74, 6) is 0.300. The molecule has 0 atom stereocenters. The summed E-state index contributed by atoms with van der Waals surface area (Å²) in [6.45, 7) is 13.7. The Labute approximate surface area is 154 Å². The van der Waals surface area contributed by atoms with E-state index in [1.165, 1.54) is 41.6 Å². The Morgan fingerprint density at radius 2 is 1.56 bits per heavy atom. The molecule has 3 nitrogen and oxygen atoms in total. The molecule has 0 spiro atoms. The molecule has 3 heteroatoms. The highest BCUT2D eigenvalue weighted by Gasteiger charge is 2.29.